The normalized spacial score (nSPS) is 12.7. The van der Waals surface area contributed by atoms with Gasteiger partial charge in [0.2, 0.25) is 0 Å². The summed E-state index contributed by atoms with van der Waals surface area (Å²) in [5, 5.41) is 4.97. The van der Waals surface area contributed by atoms with Gasteiger partial charge in [-0.3, -0.25) is 4.79 Å². The molecule has 0 saturated heterocycles. The smallest absolute Gasteiger partial charge is 0.261 e. The number of carbonyl (C=O) groups is 1. The molecule has 0 fully saturated rings. The molecule has 0 aliphatic rings. The van der Waals surface area contributed by atoms with Crippen molar-refractivity contribution < 1.29 is 4.79 Å². The number of nitrogens with zero attached hydrogens (tertiary/aromatic N) is 1. The van der Waals surface area contributed by atoms with E-state index in [-0.39, 0.29) is 11.9 Å². The minimum Gasteiger partial charge on any atom is -0.347 e. The van der Waals surface area contributed by atoms with Crippen molar-refractivity contribution in [1.82, 2.24) is 15.3 Å². The molecule has 18 heavy (non-hydrogen) atoms. The molecule has 1 atom stereocenters. The second kappa shape index (κ2) is 4.55. The van der Waals surface area contributed by atoms with Crippen molar-refractivity contribution in [3.05, 3.63) is 40.6 Å². The van der Waals surface area contributed by atoms with E-state index in [0.29, 0.717) is 0 Å². The van der Waals surface area contributed by atoms with E-state index in [0.717, 1.165) is 20.1 Å². The number of rotatable bonds is 3. The highest BCUT2D eigenvalue weighted by molar-refractivity contribution is 7.27. The molecule has 0 bridgehead atoms. The lowest BCUT2D eigenvalue weighted by molar-refractivity contribution is 0.0942. The summed E-state index contributed by atoms with van der Waals surface area (Å²) in [6, 6.07) is 3.86. The van der Waals surface area contributed by atoms with Gasteiger partial charge in [-0.15, -0.1) is 22.7 Å². The maximum atomic E-state index is 12.1. The predicted octanol–water partition coefficient (Wildman–Crippen LogP) is 3.18. The van der Waals surface area contributed by atoms with Crippen LogP contribution in [0.2, 0.25) is 0 Å². The van der Waals surface area contributed by atoms with Gasteiger partial charge >= 0.3 is 0 Å². The topological polar surface area (TPSA) is 57.8 Å². The van der Waals surface area contributed by atoms with Gasteiger partial charge in [-0.2, -0.15) is 0 Å². The summed E-state index contributed by atoms with van der Waals surface area (Å²) in [6.45, 7) is 1.91. The zero-order valence-corrected chi connectivity index (χ0v) is 11.3. The summed E-state index contributed by atoms with van der Waals surface area (Å²) < 4.78 is 2.33. The van der Waals surface area contributed by atoms with Crippen LogP contribution in [0.15, 0.2) is 29.9 Å². The highest BCUT2D eigenvalue weighted by Gasteiger charge is 2.15. The van der Waals surface area contributed by atoms with Gasteiger partial charge in [-0.1, -0.05) is 0 Å². The largest absolute Gasteiger partial charge is 0.347 e. The molecule has 2 N–H and O–H groups in total. The number of H-pyrrole nitrogens is 1. The molecule has 3 aromatic rings. The predicted molar refractivity (Wildman–Crippen MR) is 74.2 cm³/mol. The first kappa shape index (κ1) is 11.4. The number of carbonyl (C=O) groups excluding carboxylic acids is 1. The van der Waals surface area contributed by atoms with Crippen LogP contribution < -0.4 is 5.32 Å². The van der Waals surface area contributed by atoms with Crippen molar-refractivity contribution in [2.24, 2.45) is 0 Å². The number of fused-ring (bicyclic) bond motifs is 1. The first-order valence-corrected chi connectivity index (χ1v) is 7.21. The number of aromatic amines is 1. The summed E-state index contributed by atoms with van der Waals surface area (Å²) in [5.74, 6) is 0.717. The van der Waals surface area contributed by atoms with Crippen LogP contribution in [0.1, 0.15) is 28.5 Å². The van der Waals surface area contributed by atoms with Crippen LogP contribution in [0.3, 0.4) is 0 Å². The van der Waals surface area contributed by atoms with Crippen molar-refractivity contribution >= 4 is 38.0 Å². The fourth-order valence-electron chi connectivity index (χ4n) is 1.73. The zero-order chi connectivity index (χ0) is 12.5. The quantitative estimate of drug-likeness (QED) is 0.772. The fraction of sp³-hybridized carbons (Fsp3) is 0.167. The molecular formula is C12H11N3OS2. The molecule has 0 saturated carbocycles. The van der Waals surface area contributed by atoms with Gasteiger partial charge in [-0.05, 0) is 24.4 Å². The van der Waals surface area contributed by atoms with Crippen LogP contribution in [0.25, 0.3) is 9.40 Å². The summed E-state index contributed by atoms with van der Waals surface area (Å²) in [4.78, 5) is 20.0. The molecule has 3 rings (SSSR count). The Kier molecular flexibility index (Phi) is 2.89. The minimum atomic E-state index is -0.118. The standard InChI is InChI=1S/C12H11N3OS2/c1-7(11-13-3-4-14-11)15-12(16)10-6-9-8(18-10)2-5-17-9/h2-7H,1H3,(H,13,14)(H,15,16). The van der Waals surface area contributed by atoms with Crippen LogP contribution in [0.5, 0.6) is 0 Å². The molecule has 1 unspecified atom stereocenters. The molecule has 3 aromatic heterocycles. The summed E-state index contributed by atoms with van der Waals surface area (Å²) in [7, 11) is 0. The van der Waals surface area contributed by atoms with Crippen molar-refractivity contribution in [3.8, 4) is 0 Å². The van der Waals surface area contributed by atoms with Gasteiger partial charge in [0.25, 0.3) is 5.91 Å². The molecule has 0 radical (unpaired) electrons. The Morgan fingerprint density at radius 3 is 3.11 bits per heavy atom. The third-order valence-corrected chi connectivity index (χ3v) is 4.73. The van der Waals surface area contributed by atoms with E-state index in [1.807, 2.05) is 24.4 Å². The molecule has 1 amide bonds. The van der Waals surface area contributed by atoms with Gasteiger partial charge < -0.3 is 10.3 Å². The van der Waals surface area contributed by atoms with Crippen LogP contribution >= 0.6 is 22.7 Å². The Balaban J connectivity index is 1.77. The maximum absolute atomic E-state index is 12.1. The maximum Gasteiger partial charge on any atom is 0.261 e. The monoisotopic (exact) mass is 277 g/mol. The molecular weight excluding hydrogens is 266 g/mol. The van der Waals surface area contributed by atoms with Gasteiger partial charge in [0.1, 0.15) is 5.82 Å². The second-order valence-corrected chi connectivity index (χ2v) is 5.96. The number of imidazole rings is 1. The lowest BCUT2D eigenvalue weighted by Crippen LogP contribution is -2.26. The van der Waals surface area contributed by atoms with E-state index in [4.69, 9.17) is 0 Å². The molecule has 92 valence electrons. The summed E-state index contributed by atoms with van der Waals surface area (Å²) >= 11 is 3.17. The van der Waals surface area contributed by atoms with E-state index in [9.17, 15) is 4.79 Å². The van der Waals surface area contributed by atoms with E-state index in [1.165, 1.54) is 11.3 Å². The lowest BCUT2D eigenvalue weighted by atomic mass is 10.3. The van der Waals surface area contributed by atoms with Crippen molar-refractivity contribution in [2.45, 2.75) is 13.0 Å². The van der Waals surface area contributed by atoms with Gasteiger partial charge in [0.15, 0.2) is 0 Å². The number of thiophene rings is 2. The van der Waals surface area contributed by atoms with Crippen LogP contribution in [0, 0.1) is 0 Å². The number of aromatic nitrogens is 2. The van der Waals surface area contributed by atoms with Crippen molar-refractivity contribution in [3.63, 3.8) is 0 Å². The molecule has 0 aliphatic heterocycles. The lowest BCUT2D eigenvalue weighted by Gasteiger charge is -2.10. The highest BCUT2D eigenvalue weighted by Crippen LogP contribution is 2.30. The SMILES string of the molecule is CC(NC(=O)c1cc2sccc2s1)c1ncc[nH]1. The Morgan fingerprint density at radius 1 is 1.50 bits per heavy atom. The highest BCUT2D eigenvalue weighted by atomic mass is 32.1. The second-order valence-electron chi connectivity index (χ2n) is 3.93. The average molecular weight is 277 g/mol. The summed E-state index contributed by atoms with van der Waals surface area (Å²) in [5.41, 5.74) is 0. The van der Waals surface area contributed by atoms with E-state index in [2.05, 4.69) is 15.3 Å². The van der Waals surface area contributed by atoms with Crippen LogP contribution in [0.4, 0.5) is 0 Å². The first-order chi connectivity index (χ1) is 8.74. The van der Waals surface area contributed by atoms with E-state index in [1.54, 1.807) is 23.7 Å². The van der Waals surface area contributed by atoms with Gasteiger partial charge in [0, 0.05) is 21.8 Å². The number of hydrogen-bond acceptors (Lipinski definition) is 4. The molecule has 0 aliphatic carbocycles. The van der Waals surface area contributed by atoms with Crippen LogP contribution in [-0.4, -0.2) is 15.9 Å². The number of nitrogens with one attached hydrogen (secondary N) is 2. The summed E-state index contributed by atoms with van der Waals surface area (Å²) in [6.07, 6.45) is 3.43. The third kappa shape index (κ3) is 2.04. The van der Waals surface area contributed by atoms with E-state index < -0.39 is 0 Å². The van der Waals surface area contributed by atoms with Crippen molar-refractivity contribution in [2.75, 3.05) is 0 Å². The zero-order valence-electron chi connectivity index (χ0n) is 9.64. The molecule has 6 heteroatoms. The Labute approximate surface area is 112 Å². The third-order valence-electron chi connectivity index (χ3n) is 2.64. The molecule has 4 nitrogen and oxygen atoms in total. The Morgan fingerprint density at radius 2 is 2.39 bits per heavy atom. The van der Waals surface area contributed by atoms with Crippen LogP contribution in [-0.2, 0) is 0 Å². The molecule has 0 aromatic carbocycles. The number of hydrogen-bond donors (Lipinski definition) is 2. The Bertz CT molecular complexity index is 640. The molecule has 0 spiro atoms. The molecule has 3 heterocycles. The first-order valence-electron chi connectivity index (χ1n) is 5.51. The minimum absolute atomic E-state index is 0.0488. The van der Waals surface area contributed by atoms with E-state index >= 15 is 0 Å². The van der Waals surface area contributed by atoms with Gasteiger partial charge in [-0.25, -0.2) is 4.98 Å². The van der Waals surface area contributed by atoms with Gasteiger partial charge in [0.05, 0.1) is 10.9 Å². The van der Waals surface area contributed by atoms with Crippen molar-refractivity contribution in [1.29, 1.82) is 0 Å². The Hall–Kier alpha value is -1.66. The number of amides is 1. The average Bonchev–Trinajstić information content (AvgIpc) is 3.05. The fourth-order valence-corrected chi connectivity index (χ4v) is 3.74.